The first kappa shape index (κ1) is 16.9. The molecule has 1 aliphatic rings. The van der Waals surface area contributed by atoms with Crippen molar-refractivity contribution in [1.29, 1.82) is 0 Å². The van der Waals surface area contributed by atoms with Crippen LogP contribution in [0.3, 0.4) is 0 Å². The molecule has 0 spiro atoms. The van der Waals surface area contributed by atoms with Gasteiger partial charge in [-0.2, -0.15) is 11.8 Å². The highest BCUT2D eigenvalue weighted by molar-refractivity contribution is 8.00. The first-order valence-electron chi connectivity index (χ1n) is 8.59. The predicted molar refractivity (Wildman–Crippen MR) is 92.7 cm³/mol. The van der Waals surface area contributed by atoms with Crippen LogP contribution in [0.2, 0.25) is 0 Å². The van der Waals surface area contributed by atoms with Crippen molar-refractivity contribution in [3.8, 4) is 0 Å². The van der Waals surface area contributed by atoms with Gasteiger partial charge in [0.15, 0.2) is 0 Å². The van der Waals surface area contributed by atoms with Gasteiger partial charge in [0.2, 0.25) is 6.33 Å². The smallest absolute Gasteiger partial charge is 0.236 e. The van der Waals surface area contributed by atoms with Crippen LogP contribution in [0.15, 0.2) is 18.7 Å². The van der Waals surface area contributed by atoms with E-state index in [1.165, 1.54) is 32.1 Å². The summed E-state index contributed by atoms with van der Waals surface area (Å²) in [6, 6.07) is 0. The SMILES string of the molecule is CC(C)[C@H](C[n+]1ccn(C(C)(C)C)c1)SC1CCCCC1. The molecule has 0 aliphatic heterocycles. The summed E-state index contributed by atoms with van der Waals surface area (Å²) < 4.78 is 4.70. The third kappa shape index (κ3) is 5.05. The molecule has 3 heteroatoms. The summed E-state index contributed by atoms with van der Waals surface area (Å²) in [5.74, 6) is 0.738. The van der Waals surface area contributed by atoms with Crippen LogP contribution in [0.4, 0.5) is 0 Å². The largest absolute Gasteiger partial charge is 0.244 e. The van der Waals surface area contributed by atoms with Gasteiger partial charge in [-0.1, -0.05) is 33.1 Å². The summed E-state index contributed by atoms with van der Waals surface area (Å²) in [7, 11) is 0. The zero-order valence-corrected chi connectivity index (χ0v) is 15.3. The number of nitrogens with zero attached hydrogens (tertiary/aromatic N) is 2. The number of hydrogen-bond donors (Lipinski definition) is 0. The van der Waals surface area contributed by atoms with E-state index in [1.54, 1.807) is 0 Å². The van der Waals surface area contributed by atoms with Crippen molar-refractivity contribution in [1.82, 2.24) is 4.57 Å². The minimum atomic E-state index is 0.176. The van der Waals surface area contributed by atoms with Gasteiger partial charge in [-0.3, -0.25) is 0 Å². The molecular formula is C18H33N2S+. The second-order valence-corrected chi connectivity index (χ2v) is 9.41. The lowest BCUT2D eigenvalue weighted by Crippen LogP contribution is -2.40. The first-order chi connectivity index (χ1) is 9.86. The third-order valence-corrected chi connectivity index (χ3v) is 6.42. The number of rotatable bonds is 5. The normalized spacial score (nSPS) is 19.1. The Morgan fingerprint density at radius 3 is 2.38 bits per heavy atom. The maximum atomic E-state index is 2.38. The fourth-order valence-corrected chi connectivity index (χ4v) is 4.64. The first-order valence-corrected chi connectivity index (χ1v) is 9.53. The Bertz CT molecular complexity index is 425. The van der Waals surface area contributed by atoms with Crippen LogP contribution in [0, 0.1) is 5.92 Å². The minimum absolute atomic E-state index is 0.176. The van der Waals surface area contributed by atoms with E-state index in [0.29, 0.717) is 0 Å². The van der Waals surface area contributed by atoms with Gasteiger partial charge < -0.3 is 0 Å². The van der Waals surface area contributed by atoms with Crippen molar-refractivity contribution in [2.45, 2.75) is 89.3 Å². The van der Waals surface area contributed by atoms with Crippen LogP contribution in [0.25, 0.3) is 0 Å². The van der Waals surface area contributed by atoms with Crippen molar-refractivity contribution in [2.75, 3.05) is 0 Å². The maximum absolute atomic E-state index is 2.38. The fourth-order valence-electron chi connectivity index (χ4n) is 2.97. The van der Waals surface area contributed by atoms with Crippen LogP contribution >= 0.6 is 11.8 Å². The van der Waals surface area contributed by atoms with Crippen LogP contribution in [-0.4, -0.2) is 15.1 Å². The van der Waals surface area contributed by atoms with Crippen molar-refractivity contribution in [2.24, 2.45) is 5.92 Å². The molecule has 0 bridgehead atoms. The Kier molecular flexibility index (Phi) is 5.81. The van der Waals surface area contributed by atoms with Crippen molar-refractivity contribution >= 4 is 11.8 Å². The maximum Gasteiger partial charge on any atom is 0.244 e. The fraction of sp³-hybridized carbons (Fsp3) is 0.833. The van der Waals surface area contributed by atoms with Gasteiger partial charge in [0.05, 0.1) is 0 Å². The van der Waals surface area contributed by atoms with Gasteiger partial charge in [-0.25, -0.2) is 9.13 Å². The topological polar surface area (TPSA) is 8.81 Å². The summed E-state index contributed by atoms with van der Waals surface area (Å²) in [6.07, 6.45) is 13.9. The highest BCUT2D eigenvalue weighted by atomic mass is 32.2. The number of thioether (sulfide) groups is 1. The molecule has 1 heterocycles. The molecule has 0 aromatic carbocycles. The zero-order valence-electron chi connectivity index (χ0n) is 14.5. The van der Waals surface area contributed by atoms with Gasteiger partial charge in [-0.15, -0.1) is 0 Å². The van der Waals surface area contributed by atoms with Gasteiger partial charge in [0, 0.05) is 10.5 Å². The van der Waals surface area contributed by atoms with Gasteiger partial charge in [0.25, 0.3) is 0 Å². The summed E-state index contributed by atoms with van der Waals surface area (Å²) in [5, 5.41) is 1.63. The molecule has 0 radical (unpaired) electrons. The Morgan fingerprint density at radius 2 is 1.86 bits per heavy atom. The molecule has 1 atom stereocenters. The Balaban J connectivity index is 1.97. The van der Waals surface area contributed by atoms with Crippen LogP contribution in [0.5, 0.6) is 0 Å². The van der Waals surface area contributed by atoms with E-state index < -0.39 is 0 Å². The molecule has 0 N–H and O–H groups in total. The van der Waals surface area contributed by atoms with E-state index in [2.05, 4.69) is 74.2 Å². The molecular weight excluding hydrogens is 276 g/mol. The average Bonchev–Trinajstić information content (AvgIpc) is 2.87. The lowest BCUT2D eigenvalue weighted by molar-refractivity contribution is -0.696. The Labute approximate surface area is 135 Å². The van der Waals surface area contributed by atoms with E-state index in [1.807, 2.05) is 0 Å². The Hall–Kier alpha value is -0.440. The van der Waals surface area contributed by atoms with Gasteiger partial charge in [-0.05, 0) is 39.5 Å². The van der Waals surface area contributed by atoms with Crippen LogP contribution in [0.1, 0.15) is 66.7 Å². The summed E-state index contributed by atoms with van der Waals surface area (Å²) in [6.45, 7) is 12.7. The highest BCUT2D eigenvalue weighted by Gasteiger charge is 2.25. The highest BCUT2D eigenvalue weighted by Crippen LogP contribution is 2.33. The lowest BCUT2D eigenvalue weighted by atomic mass is 10.0. The number of imidazole rings is 1. The lowest BCUT2D eigenvalue weighted by Gasteiger charge is -2.27. The molecule has 0 amide bonds. The molecule has 1 aromatic rings. The van der Waals surface area contributed by atoms with Crippen molar-refractivity contribution in [3.05, 3.63) is 18.7 Å². The van der Waals surface area contributed by atoms with E-state index in [0.717, 1.165) is 23.0 Å². The number of hydrogen-bond acceptors (Lipinski definition) is 1. The van der Waals surface area contributed by atoms with E-state index >= 15 is 0 Å². The molecule has 0 unspecified atom stereocenters. The minimum Gasteiger partial charge on any atom is -0.236 e. The van der Waals surface area contributed by atoms with Gasteiger partial charge >= 0.3 is 0 Å². The van der Waals surface area contributed by atoms with Crippen LogP contribution in [-0.2, 0) is 12.1 Å². The van der Waals surface area contributed by atoms with Crippen LogP contribution < -0.4 is 4.57 Å². The molecule has 1 aromatic heterocycles. The molecule has 2 nitrogen and oxygen atoms in total. The molecule has 1 fully saturated rings. The molecule has 1 aliphatic carbocycles. The zero-order chi connectivity index (χ0) is 15.5. The summed E-state index contributed by atoms with van der Waals surface area (Å²) in [5.41, 5.74) is 0.176. The van der Waals surface area contributed by atoms with E-state index in [-0.39, 0.29) is 5.54 Å². The summed E-state index contributed by atoms with van der Waals surface area (Å²) >= 11 is 2.26. The standard InChI is InChI=1S/C18H33N2S/c1-15(2)17(21-16-9-7-6-8-10-16)13-19-11-12-20(14-19)18(3,4)5/h11-12,14-17H,6-10,13H2,1-5H3/q+1/t17-/m0/s1. The molecule has 120 valence electrons. The Morgan fingerprint density at radius 1 is 1.19 bits per heavy atom. The quantitative estimate of drug-likeness (QED) is 0.721. The van der Waals surface area contributed by atoms with E-state index in [4.69, 9.17) is 0 Å². The van der Waals surface area contributed by atoms with E-state index in [9.17, 15) is 0 Å². The monoisotopic (exact) mass is 309 g/mol. The molecule has 1 saturated carbocycles. The second-order valence-electron chi connectivity index (χ2n) is 7.87. The van der Waals surface area contributed by atoms with Crippen molar-refractivity contribution in [3.63, 3.8) is 0 Å². The third-order valence-electron chi connectivity index (χ3n) is 4.52. The number of aromatic nitrogens is 2. The van der Waals surface area contributed by atoms with Crippen molar-refractivity contribution < 1.29 is 4.57 Å². The predicted octanol–water partition coefficient (Wildman–Crippen LogP) is 4.62. The molecule has 2 rings (SSSR count). The average molecular weight is 310 g/mol. The summed E-state index contributed by atoms with van der Waals surface area (Å²) in [4.78, 5) is 0. The molecule has 0 saturated heterocycles. The second kappa shape index (κ2) is 7.21. The molecule has 21 heavy (non-hydrogen) atoms. The van der Waals surface area contributed by atoms with Gasteiger partial charge in [0.1, 0.15) is 24.5 Å².